The van der Waals surface area contributed by atoms with Gasteiger partial charge in [-0.05, 0) is 6.42 Å². The van der Waals surface area contributed by atoms with E-state index in [1.54, 1.807) is 0 Å². The average molecular weight is 249 g/mol. The molecule has 94 valence electrons. The van der Waals surface area contributed by atoms with Crippen molar-refractivity contribution in [2.75, 3.05) is 6.61 Å². The van der Waals surface area contributed by atoms with Gasteiger partial charge in [-0.15, -0.1) is 0 Å². The molecule has 1 fully saturated rings. The first-order chi connectivity index (χ1) is 7.55. The molecule has 0 amide bonds. The Balaban J connectivity index is 2.45. The molecule has 1 saturated heterocycles. The van der Waals surface area contributed by atoms with Gasteiger partial charge >= 0.3 is 10.3 Å². The van der Waals surface area contributed by atoms with E-state index >= 15 is 0 Å². The minimum absolute atomic E-state index is 0.0420. The van der Waals surface area contributed by atoms with E-state index in [1.807, 2.05) is 0 Å². The second-order valence-electron chi connectivity index (χ2n) is 4.01. The summed E-state index contributed by atoms with van der Waals surface area (Å²) in [4.78, 5) is 11.6. The van der Waals surface area contributed by atoms with Gasteiger partial charge < -0.3 is 0 Å². The fourth-order valence-electron chi connectivity index (χ4n) is 1.70. The molecule has 1 aliphatic heterocycles. The highest BCUT2D eigenvalue weighted by molar-refractivity contribution is 7.84. The maximum Gasteiger partial charge on any atom is 0.336 e. The van der Waals surface area contributed by atoms with E-state index in [2.05, 4.69) is 15.8 Å². The van der Waals surface area contributed by atoms with Crippen LogP contribution in [0.3, 0.4) is 0 Å². The molecule has 0 bridgehead atoms. The van der Waals surface area contributed by atoms with Crippen molar-refractivity contribution in [2.24, 2.45) is 0 Å². The number of Topliss-reactive ketones (excluding diaryl/α,β-unsaturated/α-hetero) is 1. The summed E-state index contributed by atoms with van der Waals surface area (Å²) in [5.74, 6) is -0.0717. The van der Waals surface area contributed by atoms with Crippen molar-refractivity contribution in [3.05, 3.63) is 0 Å². The molecule has 0 radical (unpaired) electrons. The van der Waals surface area contributed by atoms with Gasteiger partial charge in [0.05, 0.1) is 12.6 Å². The Labute approximate surface area is 96.8 Å². The van der Waals surface area contributed by atoms with E-state index in [9.17, 15) is 13.2 Å². The van der Waals surface area contributed by atoms with Crippen LogP contribution in [0.25, 0.3) is 0 Å². The van der Waals surface area contributed by atoms with Crippen LogP contribution in [0.15, 0.2) is 0 Å². The number of hydrogen-bond acceptors (Lipinski definition) is 4. The summed E-state index contributed by atoms with van der Waals surface area (Å²) in [7, 11) is -3.71. The lowest BCUT2D eigenvalue weighted by atomic mass is 10.0. The summed E-state index contributed by atoms with van der Waals surface area (Å²) in [6.07, 6.45) is 4.87. The van der Waals surface area contributed by atoms with Gasteiger partial charge in [0.25, 0.3) is 0 Å². The van der Waals surface area contributed by atoms with Gasteiger partial charge in [-0.25, -0.2) is 0 Å². The second-order valence-corrected chi connectivity index (χ2v) is 5.39. The van der Waals surface area contributed by atoms with Crippen LogP contribution in [0.5, 0.6) is 0 Å². The zero-order chi connectivity index (χ0) is 12.0. The molecule has 1 aliphatic rings. The van der Waals surface area contributed by atoms with E-state index in [0.717, 1.165) is 25.7 Å². The van der Waals surface area contributed by atoms with E-state index in [-0.39, 0.29) is 18.8 Å². The predicted octanol–water partition coefficient (Wildman–Crippen LogP) is 1.15. The van der Waals surface area contributed by atoms with Crippen molar-refractivity contribution in [1.29, 1.82) is 0 Å². The molecule has 5 nitrogen and oxygen atoms in total. The Morgan fingerprint density at radius 2 is 2.12 bits per heavy atom. The smallest absolute Gasteiger partial charge is 0.298 e. The van der Waals surface area contributed by atoms with Crippen LogP contribution in [0.2, 0.25) is 0 Å². The van der Waals surface area contributed by atoms with Crippen LogP contribution in [-0.2, 0) is 19.3 Å². The lowest BCUT2D eigenvalue weighted by molar-refractivity contribution is -0.120. The van der Waals surface area contributed by atoms with Gasteiger partial charge in [-0.1, -0.05) is 32.6 Å². The number of unbranched alkanes of at least 4 members (excludes halogenated alkanes) is 3. The Bertz CT molecular complexity index is 326. The largest absolute Gasteiger partial charge is 0.336 e. The molecule has 0 aromatic rings. The third-order valence-electron chi connectivity index (χ3n) is 2.61. The van der Waals surface area contributed by atoms with Crippen molar-refractivity contribution < 1.29 is 17.4 Å². The summed E-state index contributed by atoms with van der Waals surface area (Å²) >= 11 is 0. The van der Waals surface area contributed by atoms with Crippen LogP contribution < -0.4 is 4.72 Å². The highest BCUT2D eigenvalue weighted by atomic mass is 32.2. The molecule has 1 heterocycles. The number of rotatable bonds is 5. The Morgan fingerprint density at radius 3 is 2.81 bits per heavy atom. The van der Waals surface area contributed by atoms with Crippen molar-refractivity contribution in [1.82, 2.24) is 4.72 Å². The highest BCUT2D eigenvalue weighted by Crippen LogP contribution is 2.11. The molecule has 0 aromatic carbocycles. The van der Waals surface area contributed by atoms with E-state index < -0.39 is 16.3 Å². The third kappa shape index (κ3) is 4.59. The molecule has 0 aliphatic carbocycles. The van der Waals surface area contributed by atoms with Crippen molar-refractivity contribution in [3.63, 3.8) is 0 Å². The van der Waals surface area contributed by atoms with E-state index in [0.29, 0.717) is 6.42 Å². The summed E-state index contributed by atoms with van der Waals surface area (Å²) < 4.78 is 29.3. The van der Waals surface area contributed by atoms with Gasteiger partial charge in [0.1, 0.15) is 0 Å². The fraction of sp³-hybridized carbons (Fsp3) is 0.900. The van der Waals surface area contributed by atoms with Crippen LogP contribution in [0, 0.1) is 0 Å². The molecule has 1 N–H and O–H groups in total. The van der Waals surface area contributed by atoms with Crippen molar-refractivity contribution in [2.45, 2.75) is 51.5 Å². The van der Waals surface area contributed by atoms with Gasteiger partial charge in [0.2, 0.25) is 0 Å². The fourth-order valence-corrected chi connectivity index (χ4v) is 2.66. The molecule has 1 atom stereocenters. The summed E-state index contributed by atoms with van der Waals surface area (Å²) in [6, 6.07) is -0.593. The van der Waals surface area contributed by atoms with Crippen LogP contribution in [0.1, 0.15) is 45.4 Å². The zero-order valence-electron chi connectivity index (χ0n) is 9.57. The Hall–Kier alpha value is -0.460. The Morgan fingerprint density at radius 1 is 1.38 bits per heavy atom. The third-order valence-corrected chi connectivity index (χ3v) is 3.66. The summed E-state index contributed by atoms with van der Waals surface area (Å²) in [5, 5.41) is 0. The maximum atomic E-state index is 11.6. The summed E-state index contributed by atoms with van der Waals surface area (Å²) in [6.45, 7) is 2.06. The topological polar surface area (TPSA) is 72.5 Å². The van der Waals surface area contributed by atoms with E-state index in [4.69, 9.17) is 0 Å². The highest BCUT2D eigenvalue weighted by Gasteiger charge is 2.27. The van der Waals surface area contributed by atoms with Gasteiger partial charge in [0, 0.05) is 6.42 Å². The summed E-state index contributed by atoms with van der Waals surface area (Å²) in [5.41, 5.74) is 0. The van der Waals surface area contributed by atoms with Gasteiger partial charge in [-0.3, -0.25) is 8.98 Å². The Kier molecular flexibility index (Phi) is 5.37. The molecule has 1 rings (SSSR count). The molecule has 1 unspecified atom stereocenters. The molecule has 0 saturated carbocycles. The van der Waals surface area contributed by atoms with Crippen molar-refractivity contribution in [3.8, 4) is 0 Å². The van der Waals surface area contributed by atoms with Crippen molar-refractivity contribution >= 4 is 16.1 Å². The average Bonchev–Trinajstić information content (AvgIpc) is 2.33. The number of carbonyl (C=O) groups excluding carboxylic acids is 1. The number of carbonyl (C=O) groups is 1. The minimum atomic E-state index is -3.71. The number of nitrogens with one attached hydrogen (secondary N) is 1. The SMILES string of the molecule is CCCCCCC1NS(=O)(=O)OCCC1=O. The standard InChI is InChI=1S/C10H19NO4S/c1-2-3-4-5-6-9-10(12)7-8-15-16(13,14)11-9/h9,11H,2-8H2,1H3. The lowest BCUT2D eigenvalue weighted by Gasteiger charge is -2.12. The number of hydrogen-bond donors (Lipinski definition) is 1. The maximum absolute atomic E-state index is 11.6. The molecule has 16 heavy (non-hydrogen) atoms. The first-order valence-corrected chi connectivity index (χ1v) is 7.15. The molecular formula is C10H19NO4S. The zero-order valence-corrected chi connectivity index (χ0v) is 10.4. The van der Waals surface area contributed by atoms with E-state index in [1.165, 1.54) is 0 Å². The molecule has 0 aromatic heterocycles. The number of ketones is 1. The van der Waals surface area contributed by atoms with Crippen LogP contribution in [0.4, 0.5) is 0 Å². The minimum Gasteiger partial charge on any atom is -0.298 e. The van der Waals surface area contributed by atoms with Gasteiger partial charge in [0.15, 0.2) is 5.78 Å². The van der Waals surface area contributed by atoms with Crippen LogP contribution in [-0.4, -0.2) is 26.8 Å². The molecular weight excluding hydrogens is 230 g/mol. The molecule has 0 spiro atoms. The van der Waals surface area contributed by atoms with Gasteiger partial charge in [-0.2, -0.15) is 13.1 Å². The second kappa shape index (κ2) is 6.32. The lowest BCUT2D eigenvalue weighted by Crippen LogP contribution is -2.38. The quantitative estimate of drug-likeness (QED) is 0.742. The normalized spacial score (nSPS) is 25.3. The first kappa shape index (κ1) is 13.6. The molecule has 6 heteroatoms. The first-order valence-electron chi connectivity index (χ1n) is 5.74. The predicted molar refractivity (Wildman–Crippen MR) is 60.2 cm³/mol. The monoisotopic (exact) mass is 249 g/mol. The van der Waals surface area contributed by atoms with Crippen LogP contribution >= 0.6 is 0 Å².